The molecular weight excluding hydrogens is 234 g/mol. The Morgan fingerprint density at radius 1 is 1.35 bits per heavy atom. The van der Waals surface area contributed by atoms with E-state index in [0.717, 1.165) is 12.0 Å². The van der Waals surface area contributed by atoms with Gasteiger partial charge in [-0.1, -0.05) is 18.6 Å². The minimum absolute atomic E-state index is 0.347. The van der Waals surface area contributed by atoms with Gasteiger partial charge in [-0.2, -0.15) is 5.26 Å². The van der Waals surface area contributed by atoms with Crippen molar-refractivity contribution in [1.82, 2.24) is 0 Å². The number of rotatable bonds is 2. The van der Waals surface area contributed by atoms with Gasteiger partial charge >= 0.3 is 0 Å². The normalized spacial score (nSPS) is 24.5. The van der Waals surface area contributed by atoms with E-state index in [9.17, 15) is 8.42 Å². The average molecular weight is 249 g/mol. The van der Waals surface area contributed by atoms with Crippen LogP contribution >= 0.6 is 0 Å². The van der Waals surface area contributed by atoms with Gasteiger partial charge in [0.2, 0.25) is 0 Å². The average Bonchev–Trinajstić information content (AvgIpc) is 2.77. The van der Waals surface area contributed by atoms with Crippen LogP contribution in [0.2, 0.25) is 0 Å². The van der Waals surface area contributed by atoms with Gasteiger partial charge in [0.25, 0.3) is 0 Å². The van der Waals surface area contributed by atoms with Crippen molar-refractivity contribution in [2.24, 2.45) is 5.92 Å². The van der Waals surface area contributed by atoms with Crippen LogP contribution in [0, 0.1) is 24.2 Å². The predicted octanol–water partition coefficient (Wildman–Crippen LogP) is 2.46. The van der Waals surface area contributed by atoms with Gasteiger partial charge in [-0.15, -0.1) is 0 Å². The fourth-order valence-electron chi connectivity index (χ4n) is 2.41. The number of nitrogens with zero attached hydrogens (tertiary/aromatic N) is 1. The molecule has 17 heavy (non-hydrogen) atoms. The van der Waals surface area contributed by atoms with Gasteiger partial charge in [0.1, 0.15) is 0 Å². The summed E-state index contributed by atoms with van der Waals surface area (Å²) in [6, 6.07) is 9.05. The SMILES string of the molecule is Cc1cccc(S(=O)(=O)C2CCCC2C#N)c1. The lowest BCUT2D eigenvalue weighted by atomic mass is 10.1. The van der Waals surface area contributed by atoms with E-state index >= 15 is 0 Å². The molecule has 1 aromatic carbocycles. The molecule has 2 atom stereocenters. The van der Waals surface area contributed by atoms with Crippen LogP contribution in [0.3, 0.4) is 0 Å². The van der Waals surface area contributed by atoms with Crippen molar-refractivity contribution in [2.75, 3.05) is 0 Å². The van der Waals surface area contributed by atoms with Crippen molar-refractivity contribution in [1.29, 1.82) is 5.26 Å². The highest BCUT2D eigenvalue weighted by atomic mass is 32.2. The summed E-state index contributed by atoms with van der Waals surface area (Å²) < 4.78 is 24.8. The molecule has 0 heterocycles. The highest BCUT2D eigenvalue weighted by Gasteiger charge is 2.38. The van der Waals surface area contributed by atoms with Gasteiger partial charge in [0.15, 0.2) is 9.84 Å². The van der Waals surface area contributed by atoms with E-state index in [1.807, 2.05) is 13.0 Å². The Kier molecular flexibility index (Phi) is 3.21. The lowest BCUT2D eigenvalue weighted by Gasteiger charge is -2.14. The summed E-state index contributed by atoms with van der Waals surface area (Å²) in [5, 5.41) is 8.47. The topological polar surface area (TPSA) is 57.9 Å². The Labute approximate surface area is 102 Å². The summed E-state index contributed by atoms with van der Waals surface area (Å²) in [4.78, 5) is 0.352. The highest BCUT2D eigenvalue weighted by Crippen LogP contribution is 2.34. The summed E-state index contributed by atoms with van der Waals surface area (Å²) in [6.07, 6.45) is 2.13. The second-order valence-electron chi connectivity index (χ2n) is 4.57. The minimum Gasteiger partial charge on any atom is -0.223 e. The van der Waals surface area contributed by atoms with Gasteiger partial charge in [-0.3, -0.25) is 0 Å². The van der Waals surface area contributed by atoms with Crippen LogP contribution < -0.4 is 0 Å². The zero-order valence-electron chi connectivity index (χ0n) is 9.76. The van der Waals surface area contributed by atoms with Crippen molar-refractivity contribution in [3.8, 4) is 6.07 Å². The number of hydrogen-bond donors (Lipinski definition) is 0. The quantitative estimate of drug-likeness (QED) is 0.809. The standard InChI is InChI=1S/C13H15NO2S/c1-10-4-2-6-12(8-10)17(15,16)13-7-3-5-11(13)9-14/h2,4,6,8,11,13H,3,5,7H2,1H3. The van der Waals surface area contributed by atoms with E-state index in [1.165, 1.54) is 0 Å². The molecule has 0 radical (unpaired) electrons. The highest BCUT2D eigenvalue weighted by molar-refractivity contribution is 7.92. The Morgan fingerprint density at radius 3 is 2.76 bits per heavy atom. The molecule has 0 bridgehead atoms. The zero-order valence-corrected chi connectivity index (χ0v) is 10.6. The van der Waals surface area contributed by atoms with Gasteiger partial charge in [-0.25, -0.2) is 8.42 Å². The van der Waals surface area contributed by atoms with Gasteiger partial charge in [0, 0.05) is 0 Å². The zero-order chi connectivity index (χ0) is 12.5. The van der Waals surface area contributed by atoms with Crippen molar-refractivity contribution in [3.63, 3.8) is 0 Å². The van der Waals surface area contributed by atoms with E-state index < -0.39 is 15.1 Å². The first-order valence-corrected chi connectivity index (χ1v) is 7.30. The number of benzene rings is 1. The van der Waals surface area contributed by atoms with Gasteiger partial charge < -0.3 is 0 Å². The Morgan fingerprint density at radius 2 is 2.12 bits per heavy atom. The van der Waals surface area contributed by atoms with Crippen LogP contribution in [0.4, 0.5) is 0 Å². The molecule has 0 aliphatic heterocycles. The maximum atomic E-state index is 12.4. The monoisotopic (exact) mass is 249 g/mol. The van der Waals surface area contributed by atoms with E-state index in [-0.39, 0.29) is 5.92 Å². The van der Waals surface area contributed by atoms with E-state index in [2.05, 4.69) is 6.07 Å². The predicted molar refractivity (Wildman–Crippen MR) is 65.1 cm³/mol. The maximum absolute atomic E-state index is 12.4. The smallest absolute Gasteiger partial charge is 0.182 e. The maximum Gasteiger partial charge on any atom is 0.182 e. The molecule has 2 rings (SSSR count). The molecule has 4 heteroatoms. The van der Waals surface area contributed by atoms with Gasteiger partial charge in [-0.05, 0) is 37.5 Å². The molecule has 0 amide bonds. The molecule has 90 valence electrons. The minimum atomic E-state index is -3.34. The fraction of sp³-hybridized carbons (Fsp3) is 0.462. The summed E-state index contributed by atoms with van der Waals surface area (Å²) in [7, 11) is -3.34. The fourth-order valence-corrected chi connectivity index (χ4v) is 4.49. The molecule has 1 aromatic rings. The third kappa shape index (κ3) is 2.20. The molecule has 1 aliphatic carbocycles. The number of hydrogen-bond acceptors (Lipinski definition) is 3. The van der Waals surface area contributed by atoms with Crippen LogP contribution in [0.25, 0.3) is 0 Å². The molecule has 1 saturated carbocycles. The largest absolute Gasteiger partial charge is 0.223 e. The second-order valence-corrected chi connectivity index (χ2v) is 6.73. The lowest BCUT2D eigenvalue weighted by molar-refractivity contribution is 0.565. The molecular formula is C13H15NO2S. The molecule has 0 saturated heterocycles. The third-order valence-corrected chi connectivity index (χ3v) is 5.61. The van der Waals surface area contributed by atoms with Crippen LogP contribution in [-0.2, 0) is 9.84 Å². The van der Waals surface area contributed by atoms with E-state index in [4.69, 9.17) is 5.26 Å². The number of aryl methyl sites for hydroxylation is 1. The molecule has 0 spiro atoms. The Hall–Kier alpha value is -1.34. The summed E-state index contributed by atoms with van der Waals surface area (Å²) in [6.45, 7) is 1.87. The van der Waals surface area contributed by atoms with E-state index in [1.54, 1.807) is 18.2 Å². The van der Waals surface area contributed by atoms with Crippen LogP contribution in [-0.4, -0.2) is 13.7 Å². The molecule has 3 nitrogen and oxygen atoms in total. The van der Waals surface area contributed by atoms with Crippen molar-refractivity contribution in [3.05, 3.63) is 29.8 Å². The molecule has 1 fully saturated rings. The Balaban J connectivity index is 2.40. The van der Waals surface area contributed by atoms with Crippen molar-refractivity contribution in [2.45, 2.75) is 36.3 Å². The lowest BCUT2D eigenvalue weighted by Crippen LogP contribution is -2.24. The second kappa shape index (κ2) is 4.50. The molecule has 1 aliphatic rings. The first kappa shape index (κ1) is 12.1. The molecule has 0 aromatic heterocycles. The first-order chi connectivity index (χ1) is 8.05. The molecule has 2 unspecified atom stereocenters. The Bertz CT molecular complexity index is 557. The summed E-state index contributed by atoms with van der Waals surface area (Å²) in [5.41, 5.74) is 0.928. The summed E-state index contributed by atoms with van der Waals surface area (Å²) >= 11 is 0. The van der Waals surface area contributed by atoms with Crippen molar-refractivity contribution < 1.29 is 8.42 Å². The molecule has 0 N–H and O–H groups in total. The number of sulfone groups is 1. The number of nitriles is 1. The first-order valence-electron chi connectivity index (χ1n) is 5.76. The third-order valence-electron chi connectivity index (χ3n) is 3.34. The van der Waals surface area contributed by atoms with E-state index in [0.29, 0.717) is 17.7 Å². The van der Waals surface area contributed by atoms with Crippen LogP contribution in [0.5, 0.6) is 0 Å². The summed E-state index contributed by atoms with van der Waals surface area (Å²) in [5.74, 6) is -0.347. The van der Waals surface area contributed by atoms with Gasteiger partial charge in [0.05, 0.1) is 22.1 Å². The van der Waals surface area contributed by atoms with Crippen molar-refractivity contribution >= 4 is 9.84 Å². The van der Waals surface area contributed by atoms with Crippen LogP contribution in [0.1, 0.15) is 24.8 Å². The van der Waals surface area contributed by atoms with Crippen LogP contribution in [0.15, 0.2) is 29.2 Å².